The number of nitrogens with zero attached hydrogens (tertiary/aromatic N) is 1. The highest BCUT2D eigenvalue weighted by Crippen LogP contribution is 2.52. The van der Waals surface area contributed by atoms with Gasteiger partial charge in [0.15, 0.2) is 0 Å². The summed E-state index contributed by atoms with van der Waals surface area (Å²) in [7, 11) is 0. The number of likely N-dealkylation sites (tertiary alicyclic amines) is 1. The maximum atomic E-state index is 12.9. The number of benzene rings is 1. The molecule has 1 heterocycles. The summed E-state index contributed by atoms with van der Waals surface area (Å²) in [6.45, 7) is -0.776. The minimum Gasteiger partial charge on any atom is -0.325 e. The molecule has 4 atom stereocenters. The fraction of sp³-hybridized carbons (Fsp3) is 0.421. The topological polar surface area (TPSA) is 66.5 Å². The first-order chi connectivity index (χ1) is 13.9. The standard InChI is InChI=1S/C19H14F6N2O3/c20-18(21,22)10-4-11(19(23,24)25)6-12(5-10)26-13(28)7-27-16(29)14-8-1-2-9(3-8)15(14)17(27)30/h1-2,4-6,8-9,14-15H,3,7H2,(H,26,28)/t8-,9-,14+,15+/m0/s1. The van der Waals surface area contributed by atoms with Gasteiger partial charge in [-0.3, -0.25) is 19.3 Å². The molecule has 1 saturated carbocycles. The summed E-state index contributed by atoms with van der Waals surface area (Å²) in [5.74, 6) is -3.47. The fourth-order valence-electron chi connectivity index (χ4n) is 4.49. The molecule has 1 N–H and O–H groups in total. The largest absolute Gasteiger partial charge is 0.416 e. The number of allylic oxidation sites excluding steroid dienone is 2. The molecule has 30 heavy (non-hydrogen) atoms. The van der Waals surface area contributed by atoms with Crippen LogP contribution in [0, 0.1) is 23.7 Å². The Balaban J connectivity index is 1.52. The molecule has 0 aromatic heterocycles. The van der Waals surface area contributed by atoms with Crippen LogP contribution in [0.25, 0.3) is 0 Å². The molecule has 2 bridgehead atoms. The molecule has 1 aromatic carbocycles. The molecule has 0 unspecified atom stereocenters. The highest BCUT2D eigenvalue weighted by atomic mass is 19.4. The van der Waals surface area contributed by atoms with E-state index in [4.69, 9.17) is 0 Å². The predicted molar refractivity (Wildman–Crippen MR) is 89.5 cm³/mol. The molecule has 2 fully saturated rings. The van der Waals surface area contributed by atoms with Gasteiger partial charge in [0, 0.05) is 5.69 Å². The Morgan fingerprint density at radius 2 is 1.37 bits per heavy atom. The molecule has 4 rings (SSSR count). The summed E-state index contributed by atoms with van der Waals surface area (Å²) in [6, 6.07) is 0.659. The maximum absolute atomic E-state index is 12.9. The second kappa shape index (κ2) is 6.58. The zero-order valence-corrected chi connectivity index (χ0v) is 15.1. The van der Waals surface area contributed by atoms with Crippen LogP contribution in [0.2, 0.25) is 0 Å². The van der Waals surface area contributed by atoms with E-state index in [1.807, 2.05) is 17.5 Å². The van der Waals surface area contributed by atoms with Crippen LogP contribution in [0.15, 0.2) is 30.4 Å². The number of rotatable bonds is 3. The number of anilines is 1. The Kier molecular flexibility index (Phi) is 4.48. The van der Waals surface area contributed by atoms with Crippen LogP contribution in [0.3, 0.4) is 0 Å². The summed E-state index contributed by atoms with van der Waals surface area (Å²) in [5, 5.41) is 1.94. The van der Waals surface area contributed by atoms with Gasteiger partial charge in [-0.2, -0.15) is 26.3 Å². The lowest BCUT2D eigenvalue weighted by Gasteiger charge is -2.18. The molecular weight excluding hydrogens is 418 g/mol. The Bertz CT molecular complexity index is 906. The van der Waals surface area contributed by atoms with Crippen LogP contribution in [0.1, 0.15) is 17.5 Å². The molecule has 11 heteroatoms. The summed E-state index contributed by atoms with van der Waals surface area (Å²) in [6.07, 6.45) is -5.75. The third kappa shape index (κ3) is 3.35. The quantitative estimate of drug-likeness (QED) is 0.452. The molecule has 1 aromatic rings. The van der Waals surface area contributed by atoms with Gasteiger partial charge in [-0.15, -0.1) is 0 Å². The van der Waals surface area contributed by atoms with E-state index in [0.717, 1.165) is 4.90 Å². The minimum absolute atomic E-state index is 0.0624. The number of halogens is 6. The second-order valence-corrected chi connectivity index (χ2v) is 7.61. The molecule has 1 saturated heterocycles. The van der Waals surface area contributed by atoms with Crippen molar-refractivity contribution >= 4 is 23.4 Å². The zero-order valence-electron chi connectivity index (χ0n) is 15.1. The van der Waals surface area contributed by atoms with Crippen LogP contribution >= 0.6 is 0 Å². The Hall–Kier alpha value is -2.85. The van der Waals surface area contributed by atoms with Crippen molar-refractivity contribution in [3.05, 3.63) is 41.5 Å². The van der Waals surface area contributed by atoms with Crippen LogP contribution in [-0.4, -0.2) is 29.2 Å². The van der Waals surface area contributed by atoms with Crippen LogP contribution in [0.5, 0.6) is 0 Å². The monoisotopic (exact) mass is 432 g/mol. The summed E-state index contributed by atoms with van der Waals surface area (Å²) >= 11 is 0. The maximum Gasteiger partial charge on any atom is 0.416 e. The summed E-state index contributed by atoms with van der Waals surface area (Å²) < 4.78 is 77.6. The molecular formula is C19H14F6N2O3. The normalized spacial score (nSPS) is 27.7. The molecule has 0 radical (unpaired) electrons. The summed E-state index contributed by atoms with van der Waals surface area (Å²) in [5.41, 5.74) is -3.90. The third-order valence-electron chi connectivity index (χ3n) is 5.73. The number of carbonyl (C=O) groups excluding carboxylic acids is 3. The van der Waals surface area contributed by atoms with Crippen molar-refractivity contribution in [3.63, 3.8) is 0 Å². The number of carbonyl (C=O) groups is 3. The smallest absolute Gasteiger partial charge is 0.325 e. The number of fused-ring (bicyclic) bond motifs is 5. The Morgan fingerprint density at radius 3 is 1.80 bits per heavy atom. The number of amides is 3. The van der Waals surface area contributed by atoms with Gasteiger partial charge in [0.05, 0.1) is 23.0 Å². The lowest BCUT2D eigenvalue weighted by Crippen LogP contribution is -2.39. The van der Waals surface area contributed by atoms with Gasteiger partial charge >= 0.3 is 12.4 Å². The Labute approximate surface area is 165 Å². The van der Waals surface area contributed by atoms with Crippen molar-refractivity contribution in [1.29, 1.82) is 0 Å². The van der Waals surface area contributed by atoms with Gasteiger partial charge in [0.1, 0.15) is 6.54 Å². The molecule has 5 nitrogen and oxygen atoms in total. The van der Waals surface area contributed by atoms with E-state index in [1.54, 1.807) is 0 Å². The first-order valence-corrected chi connectivity index (χ1v) is 8.99. The average Bonchev–Trinajstić information content (AvgIpc) is 3.30. The van der Waals surface area contributed by atoms with Gasteiger partial charge in [0.25, 0.3) is 0 Å². The number of imide groups is 1. The van der Waals surface area contributed by atoms with Crippen molar-refractivity contribution in [1.82, 2.24) is 4.90 Å². The lowest BCUT2D eigenvalue weighted by atomic mass is 9.85. The van der Waals surface area contributed by atoms with Crippen molar-refractivity contribution in [2.45, 2.75) is 18.8 Å². The lowest BCUT2D eigenvalue weighted by molar-refractivity contribution is -0.144. The van der Waals surface area contributed by atoms with E-state index in [-0.39, 0.29) is 17.9 Å². The van der Waals surface area contributed by atoms with Crippen LogP contribution in [-0.2, 0) is 26.7 Å². The second-order valence-electron chi connectivity index (χ2n) is 7.61. The molecule has 160 valence electrons. The fourth-order valence-corrected chi connectivity index (χ4v) is 4.49. The number of nitrogens with one attached hydrogen (secondary N) is 1. The zero-order chi connectivity index (χ0) is 22.0. The van der Waals surface area contributed by atoms with E-state index >= 15 is 0 Å². The highest BCUT2D eigenvalue weighted by molar-refractivity contribution is 6.09. The molecule has 0 spiro atoms. The van der Waals surface area contributed by atoms with Crippen molar-refractivity contribution in [2.75, 3.05) is 11.9 Å². The van der Waals surface area contributed by atoms with Gasteiger partial charge in [-0.1, -0.05) is 12.2 Å². The van der Waals surface area contributed by atoms with Gasteiger partial charge in [-0.05, 0) is 36.5 Å². The van der Waals surface area contributed by atoms with E-state index in [2.05, 4.69) is 0 Å². The SMILES string of the molecule is O=C(CN1C(=O)[C@H]2[C@H](C1=O)[C@H]1C=C[C@H]2C1)Nc1cc(C(F)(F)F)cc(C(F)(F)F)c1. The molecule has 2 aliphatic carbocycles. The number of hydrogen-bond donors (Lipinski definition) is 1. The van der Waals surface area contributed by atoms with E-state index in [9.17, 15) is 40.7 Å². The number of alkyl halides is 6. The first kappa shape index (κ1) is 20.4. The highest BCUT2D eigenvalue weighted by Gasteiger charge is 2.59. The average molecular weight is 432 g/mol. The van der Waals surface area contributed by atoms with E-state index in [1.165, 1.54) is 0 Å². The molecule has 1 aliphatic heterocycles. The summed E-state index contributed by atoms with van der Waals surface area (Å²) in [4.78, 5) is 38.1. The van der Waals surface area contributed by atoms with Crippen molar-refractivity contribution in [2.24, 2.45) is 23.7 Å². The third-order valence-corrected chi connectivity index (χ3v) is 5.73. The molecule has 3 aliphatic rings. The van der Waals surface area contributed by atoms with Gasteiger partial charge in [0.2, 0.25) is 17.7 Å². The van der Waals surface area contributed by atoms with Crippen LogP contribution < -0.4 is 5.32 Å². The Morgan fingerprint density at radius 1 is 0.900 bits per heavy atom. The minimum atomic E-state index is -5.06. The predicted octanol–water partition coefficient (Wildman–Crippen LogP) is 3.47. The first-order valence-electron chi connectivity index (χ1n) is 8.99. The van der Waals surface area contributed by atoms with E-state index in [0.29, 0.717) is 18.6 Å². The van der Waals surface area contributed by atoms with Crippen molar-refractivity contribution in [3.8, 4) is 0 Å². The van der Waals surface area contributed by atoms with Gasteiger partial charge < -0.3 is 5.32 Å². The van der Waals surface area contributed by atoms with Gasteiger partial charge in [-0.25, -0.2) is 0 Å². The van der Waals surface area contributed by atoms with Crippen molar-refractivity contribution < 1.29 is 40.7 Å². The van der Waals surface area contributed by atoms with Crippen LogP contribution in [0.4, 0.5) is 32.0 Å². The van der Waals surface area contributed by atoms with E-state index < -0.39 is 65.3 Å². The number of hydrogen-bond acceptors (Lipinski definition) is 3. The molecule has 3 amide bonds.